The minimum absolute atomic E-state index is 0.220. The fourth-order valence-electron chi connectivity index (χ4n) is 7.09. The van der Waals surface area contributed by atoms with Gasteiger partial charge >= 0.3 is 23.9 Å². The summed E-state index contributed by atoms with van der Waals surface area (Å²) in [6.45, 7) is 14.9. The van der Waals surface area contributed by atoms with Gasteiger partial charge in [0, 0.05) is 24.0 Å². The molecular formula is C47H56O12. The molecule has 0 saturated heterocycles. The maximum atomic E-state index is 12.3. The van der Waals surface area contributed by atoms with Gasteiger partial charge in [-0.25, -0.2) is 19.2 Å². The van der Waals surface area contributed by atoms with E-state index in [2.05, 4.69) is 38.1 Å². The van der Waals surface area contributed by atoms with E-state index in [9.17, 15) is 19.2 Å². The average molecular weight is 813 g/mol. The highest BCUT2D eigenvalue weighted by molar-refractivity contribution is 5.73. The normalized spacial score (nSPS) is 10.8. The quantitative estimate of drug-likeness (QED) is 0.0745. The lowest BCUT2D eigenvalue weighted by Gasteiger charge is -2.23. The molecule has 0 N–H and O–H groups in total. The van der Waals surface area contributed by atoms with E-state index in [0.29, 0.717) is 42.3 Å². The number of carbonyl (C=O) groups is 4. The van der Waals surface area contributed by atoms with Gasteiger partial charge in [0.05, 0.1) is 28.4 Å². The lowest BCUT2D eigenvalue weighted by molar-refractivity contribution is -0.143. The number of hydrogen-bond acceptors (Lipinski definition) is 12. The molecule has 0 unspecified atom stereocenters. The predicted molar refractivity (Wildman–Crippen MR) is 222 cm³/mol. The van der Waals surface area contributed by atoms with Gasteiger partial charge in [0.1, 0.15) is 23.0 Å². The van der Waals surface area contributed by atoms with Gasteiger partial charge in [-0.05, 0) is 141 Å². The molecule has 0 fully saturated rings. The molecule has 0 heterocycles. The third-order valence-corrected chi connectivity index (χ3v) is 10.5. The number of aryl methyl sites for hydroxylation is 4. The molecule has 0 aliphatic rings. The van der Waals surface area contributed by atoms with Crippen LogP contribution < -0.4 is 18.9 Å². The zero-order valence-electron chi connectivity index (χ0n) is 36.3. The standard InChI is InChI=1S/C47H56O12/c1-26-13-34(32(7)40(15-26)56-22-42(48)52-9)20-38-30(5)36(17-28(3)46(38)58-24-44(50)54-11)19-37-18-29(4)47(59-25-45(51)55-12)39(31(37)6)21-35-14-27(2)16-41(33(35)8)57-23-43(49)53-10/h13-18H,19-25H2,1-12H3. The molecule has 316 valence electrons. The topological polar surface area (TPSA) is 142 Å². The summed E-state index contributed by atoms with van der Waals surface area (Å²) < 4.78 is 43.5. The molecule has 0 atom stereocenters. The van der Waals surface area contributed by atoms with E-state index in [1.165, 1.54) is 28.4 Å². The number of hydrogen-bond donors (Lipinski definition) is 0. The zero-order chi connectivity index (χ0) is 43.6. The van der Waals surface area contributed by atoms with Gasteiger partial charge in [-0.15, -0.1) is 0 Å². The third-order valence-electron chi connectivity index (χ3n) is 10.5. The molecule has 12 heteroatoms. The van der Waals surface area contributed by atoms with Gasteiger partial charge < -0.3 is 37.9 Å². The second-order valence-electron chi connectivity index (χ2n) is 14.7. The lowest BCUT2D eigenvalue weighted by Crippen LogP contribution is -2.16. The van der Waals surface area contributed by atoms with E-state index < -0.39 is 23.9 Å². The number of benzene rings is 4. The first-order valence-corrected chi connectivity index (χ1v) is 19.2. The molecule has 0 aromatic heterocycles. The van der Waals surface area contributed by atoms with Crippen molar-refractivity contribution in [2.45, 2.75) is 74.7 Å². The molecule has 0 radical (unpaired) electrons. The van der Waals surface area contributed by atoms with E-state index in [0.717, 1.165) is 77.9 Å². The van der Waals surface area contributed by atoms with Gasteiger partial charge in [-0.1, -0.05) is 24.3 Å². The molecule has 4 aromatic carbocycles. The first kappa shape index (κ1) is 45.7. The SMILES string of the molecule is COC(=O)COc1cc(C)cc(Cc2c(C)c(Cc3cc(C)c(OCC(=O)OC)c(Cc4cc(C)cc(OCC(=O)OC)c4C)c3C)cc(C)c2OCC(=O)OC)c1C. The molecule has 0 aliphatic carbocycles. The van der Waals surface area contributed by atoms with Crippen molar-refractivity contribution < 1.29 is 57.1 Å². The summed E-state index contributed by atoms with van der Waals surface area (Å²) in [5, 5.41) is 0. The minimum Gasteiger partial charge on any atom is -0.482 e. The molecule has 4 rings (SSSR count). The monoisotopic (exact) mass is 812 g/mol. The highest BCUT2D eigenvalue weighted by atomic mass is 16.6. The van der Waals surface area contributed by atoms with Crippen LogP contribution in [0.15, 0.2) is 36.4 Å². The maximum absolute atomic E-state index is 12.3. The Balaban J connectivity index is 1.86. The Kier molecular flexibility index (Phi) is 15.9. The molecule has 59 heavy (non-hydrogen) atoms. The Labute approximate surface area is 347 Å². The van der Waals surface area contributed by atoms with E-state index in [1.54, 1.807) is 0 Å². The van der Waals surface area contributed by atoms with Crippen molar-refractivity contribution in [3.05, 3.63) is 114 Å². The predicted octanol–water partition coefficient (Wildman–Crippen LogP) is 7.13. The first-order valence-electron chi connectivity index (χ1n) is 19.2. The van der Waals surface area contributed by atoms with Crippen molar-refractivity contribution in [3.63, 3.8) is 0 Å². The molecule has 0 aliphatic heterocycles. The number of ether oxygens (including phenoxy) is 8. The van der Waals surface area contributed by atoms with Gasteiger partial charge in [0.2, 0.25) is 0 Å². The van der Waals surface area contributed by atoms with Crippen molar-refractivity contribution in [2.75, 3.05) is 54.9 Å². The largest absolute Gasteiger partial charge is 0.482 e. The van der Waals surface area contributed by atoms with Crippen LogP contribution >= 0.6 is 0 Å². The van der Waals surface area contributed by atoms with Crippen LogP contribution in [0, 0.1) is 55.4 Å². The van der Waals surface area contributed by atoms with Crippen LogP contribution in [0.1, 0.15) is 77.9 Å². The zero-order valence-corrected chi connectivity index (χ0v) is 36.3. The molecule has 4 aromatic rings. The van der Waals surface area contributed by atoms with Gasteiger partial charge in [-0.2, -0.15) is 0 Å². The van der Waals surface area contributed by atoms with Crippen LogP contribution in [0.25, 0.3) is 0 Å². The van der Waals surface area contributed by atoms with Crippen molar-refractivity contribution in [2.24, 2.45) is 0 Å². The Bertz CT molecular complexity index is 2060. The highest BCUT2D eigenvalue weighted by Gasteiger charge is 2.23. The van der Waals surface area contributed by atoms with Gasteiger partial charge in [0.25, 0.3) is 0 Å². The molecule has 0 bridgehead atoms. The Hall–Kier alpha value is -6.04. The number of methoxy groups -OCH3 is 4. The molecule has 0 amide bonds. The fraction of sp³-hybridized carbons (Fsp3) is 0.404. The van der Waals surface area contributed by atoms with Crippen LogP contribution in [0.2, 0.25) is 0 Å². The lowest BCUT2D eigenvalue weighted by atomic mass is 9.85. The molecule has 0 spiro atoms. The van der Waals surface area contributed by atoms with Crippen LogP contribution in [-0.4, -0.2) is 78.7 Å². The van der Waals surface area contributed by atoms with E-state index in [4.69, 9.17) is 37.9 Å². The van der Waals surface area contributed by atoms with Crippen molar-refractivity contribution in [3.8, 4) is 23.0 Å². The Morgan fingerprint density at radius 1 is 0.390 bits per heavy atom. The van der Waals surface area contributed by atoms with Crippen molar-refractivity contribution in [1.82, 2.24) is 0 Å². The van der Waals surface area contributed by atoms with Crippen molar-refractivity contribution >= 4 is 23.9 Å². The summed E-state index contributed by atoms with van der Waals surface area (Å²) in [4.78, 5) is 48.4. The van der Waals surface area contributed by atoms with Crippen LogP contribution in [0.3, 0.4) is 0 Å². The van der Waals surface area contributed by atoms with E-state index >= 15 is 0 Å². The van der Waals surface area contributed by atoms with Gasteiger partial charge in [0.15, 0.2) is 26.4 Å². The number of rotatable bonds is 18. The van der Waals surface area contributed by atoms with Gasteiger partial charge in [-0.3, -0.25) is 0 Å². The highest BCUT2D eigenvalue weighted by Crippen LogP contribution is 2.38. The first-order chi connectivity index (χ1) is 28.0. The van der Waals surface area contributed by atoms with Crippen LogP contribution in [-0.2, 0) is 57.4 Å². The second kappa shape index (κ2) is 20.6. The summed E-state index contributed by atoms with van der Waals surface area (Å²) in [6, 6.07) is 12.1. The summed E-state index contributed by atoms with van der Waals surface area (Å²) in [5.41, 5.74) is 13.1. The Morgan fingerprint density at radius 2 is 0.695 bits per heavy atom. The smallest absolute Gasteiger partial charge is 0.343 e. The second-order valence-corrected chi connectivity index (χ2v) is 14.7. The Morgan fingerprint density at radius 3 is 1.02 bits per heavy atom. The molecule has 12 nitrogen and oxygen atoms in total. The summed E-state index contributed by atoms with van der Waals surface area (Å²) in [6.07, 6.45) is 1.46. The van der Waals surface area contributed by atoms with E-state index in [1.807, 2.05) is 53.7 Å². The van der Waals surface area contributed by atoms with Crippen LogP contribution in [0.4, 0.5) is 0 Å². The number of carbonyl (C=O) groups excluding carboxylic acids is 4. The molecule has 0 saturated carbocycles. The molecular weight excluding hydrogens is 757 g/mol. The summed E-state index contributed by atoms with van der Waals surface area (Å²) in [5.74, 6) is 0.377. The maximum Gasteiger partial charge on any atom is 0.343 e. The average Bonchev–Trinajstić information content (AvgIpc) is 3.21. The summed E-state index contributed by atoms with van der Waals surface area (Å²) in [7, 11) is 5.28. The van der Waals surface area contributed by atoms with Crippen LogP contribution in [0.5, 0.6) is 23.0 Å². The third kappa shape index (κ3) is 11.6. The van der Waals surface area contributed by atoms with E-state index in [-0.39, 0.29) is 26.4 Å². The minimum atomic E-state index is -0.499. The number of esters is 4. The summed E-state index contributed by atoms with van der Waals surface area (Å²) >= 11 is 0. The fourth-order valence-corrected chi connectivity index (χ4v) is 7.09. The van der Waals surface area contributed by atoms with Crippen molar-refractivity contribution in [1.29, 1.82) is 0 Å².